The Morgan fingerprint density at radius 1 is 1.53 bits per heavy atom. The minimum Gasteiger partial charge on any atom is -0.481 e. The van der Waals surface area contributed by atoms with Gasteiger partial charge >= 0.3 is 5.97 Å². The fraction of sp³-hybridized carbons (Fsp3) is 0.833. The maximum atomic E-state index is 11.9. The number of aliphatic carboxylic acids is 1. The highest BCUT2D eigenvalue weighted by Crippen LogP contribution is 2.29. The maximum Gasteiger partial charge on any atom is 0.308 e. The number of carboxylic acids is 1. The molecule has 1 N–H and O–H groups in total. The molecule has 1 amide bonds. The van der Waals surface area contributed by atoms with Crippen molar-refractivity contribution in [2.24, 2.45) is 11.8 Å². The van der Waals surface area contributed by atoms with Gasteiger partial charge in [-0.25, -0.2) is 0 Å². The van der Waals surface area contributed by atoms with Gasteiger partial charge in [0.05, 0.1) is 12.5 Å². The number of carbonyl (C=O) groups excluding carboxylic acids is 1. The van der Waals surface area contributed by atoms with Gasteiger partial charge in [0.1, 0.15) is 0 Å². The highest BCUT2D eigenvalue weighted by molar-refractivity contribution is 5.81. The molecule has 5 nitrogen and oxygen atoms in total. The average molecular weight is 243 g/mol. The molecule has 1 heterocycles. The quantitative estimate of drug-likeness (QED) is 0.731. The van der Waals surface area contributed by atoms with E-state index in [1.54, 1.807) is 11.8 Å². The number of ether oxygens (including phenoxy) is 1. The van der Waals surface area contributed by atoms with Crippen LogP contribution in [0.15, 0.2) is 0 Å². The van der Waals surface area contributed by atoms with Gasteiger partial charge in [0, 0.05) is 25.6 Å². The molecule has 3 unspecified atom stereocenters. The van der Waals surface area contributed by atoms with Gasteiger partial charge in [0.2, 0.25) is 5.91 Å². The van der Waals surface area contributed by atoms with Crippen LogP contribution >= 0.6 is 0 Å². The van der Waals surface area contributed by atoms with Crippen molar-refractivity contribution in [2.45, 2.75) is 33.2 Å². The zero-order valence-corrected chi connectivity index (χ0v) is 10.7. The van der Waals surface area contributed by atoms with Gasteiger partial charge in [-0.2, -0.15) is 0 Å². The second-order valence-corrected chi connectivity index (χ2v) is 4.57. The molecule has 0 bridgehead atoms. The molecule has 1 saturated heterocycles. The Labute approximate surface area is 102 Å². The molecule has 0 aliphatic carbocycles. The van der Waals surface area contributed by atoms with Crippen LogP contribution in [0.3, 0.4) is 0 Å². The Balaban J connectivity index is 2.68. The molecule has 1 fully saturated rings. The third-order valence-corrected chi connectivity index (χ3v) is 3.41. The van der Waals surface area contributed by atoms with Gasteiger partial charge in [-0.3, -0.25) is 9.59 Å². The summed E-state index contributed by atoms with van der Waals surface area (Å²) < 4.78 is 5.21. The summed E-state index contributed by atoms with van der Waals surface area (Å²) in [6, 6.07) is -0.260. The molecule has 0 aromatic rings. The molecule has 1 aliphatic heterocycles. The molecule has 0 aromatic heterocycles. The molecule has 0 saturated carbocycles. The minimum absolute atomic E-state index is 0.0298. The smallest absolute Gasteiger partial charge is 0.308 e. The van der Waals surface area contributed by atoms with E-state index in [0.29, 0.717) is 26.2 Å². The van der Waals surface area contributed by atoms with Crippen molar-refractivity contribution >= 4 is 11.9 Å². The number of rotatable bonds is 5. The number of carboxylic acid groups (broad SMARTS) is 1. The van der Waals surface area contributed by atoms with Crippen LogP contribution in [-0.2, 0) is 14.3 Å². The molecule has 98 valence electrons. The summed E-state index contributed by atoms with van der Waals surface area (Å²) in [6.07, 6.45) is 0.313. The summed E-state index contributed by atoms with van der Waals surface area (Å²) in [5.74, 6) is -1.37. The fourth-order valence-corrected chi connectivity index (χ4v) is 2.50. The van der Waals surface area contributed by atoms with Crippen molar-refractivity contribution in [2.75, 3.05) is 19.8 Å². The largest absolute Gasteiger partial charge is 0.481 e. The van der Waals surface area contributed by atoms with Crippen LogP contribution in [0.2, 0.25) is 0 Å². The first-order valence-electron chi connectivity index (χ1n) is 6.09. The minimum atomic E-state index is -0.820. The van der Waals surface area contributed by atoms with E-state index in [0.717, 1.165) is 0 Å². The molecule has 5 heteroatoms. The van der Waals surface area contributed by atoms with E-state index in [1.165, 1.54) is 0 Å². The number of amides is 1. The lowest BCUT2D eigenvalue weighted by atomic mass is 9.81. The van der Waals surface area contributed by atoms with Crippen LogP contribution < -0.4 is 0 Å². The number of nitrogens with zero attached hydrogens (tertiary/aromatic N) is 1. The van der Waals surface area contributed by atoms with Crippen molar-refractivity contribution in [1.82, 2.24) is 4.90 Å². The van der Waals surface area contributed by atoms with Crippen LogP contribution in [-0.4, -0.2) is 47.7 Å². The SMILES string of the molecule is CCOCCN1C(=O)CC(C)C(C(=O)O)C1C. The van der Waals surface area contributed by atoms with Gasteiger partial charge in [-0.1, -0.05) is 6.92 Å². The summed E-state index contributed by atoms with van der Waals surface area (Å²) >= 11 is 0. The molecule has 17 heavy (non-hydrogen) atoms. The highest BCUT2D eigenvalue weighted by atomic mass is 16.5. The zero-order valence-electron chi connectivity index (χ0n) is 10.7. The molecule has 0 spiro atoms. The molecular formula is C12H21NO4. The van der Waals surface area contributed by atoms with Crippen LogP contribution in [0, 0.1) is 11.8 Å². The Morgan fingerprint density at radius 2 is 2.18 bits per heavy atom. The zero-order chi connectivity index (χ0) is 13.0. The number of piperidine rings is 1. The first-order valence-corrected chi connectivity index (χ1v) is 6.09. The van der Waals surface area contributed by atoms with Gasteiger partial charge in [0.15, 0.2) is 0 Å². The Bertz CT molecular complexity index is 292. The predicted molar refractivity (Wildman–Crippen MR) is 62.6 cm³/mol. The third-order valence-electron chi connectivity index (χ3n) is 3.41. The molecule has 0 radical (unpaired) electrons. The third kappa shape index (κ3) is 3.19. The van der Waals surface area contributed by atoms with Gasteiger partial charge < -0.3 is 14.7 Å². The number of hydrogen-bond acceptors (Lipinski definition) is 3. The topological polar surface area (TPSA) is 66.8 Å². The van der Waals surface area contributed by atoms with Gasteiger partial charge in [-0.15, -0.1) is 0 Å². The molecule has 3 atom stereocenters. The van der Waals surface area contributed by atoms with E-state index in [2.05, 4.69) is 0 Å². The molecule has 1 rings (SSSR count). The summed E-state index contributed by atoms with van der Waals surface area (Å²) in [7, 11) is 0. The molecule has 0 aromatic carbocycles. The molecule has 1 aliphatic rings. The predicted octanol–water partition coefficient (Wildman–Crippen LogP) is 0.981. The average Bonchev–Trinajstić information content (AvgIpc) is 2.21. The van der Waals surface area contributed by atoms with Crippen molar-refractivity contribution in [3.05, 3.63) is 0 Å². The first-order chi connectivity index (χ1) is 7.99. The van der Waals surface area contributed by atoms with Crippen LogP contribution in [0.4, 0.5) is 0 Å². The lowest BCUT2D eigenvalue weighted by Crippen LogP contribution is -2.53. The van der Waals surface area contributed by atoms with E-state index in [-0.39, 0.29) is 17.9 Å². The highest BCUT2D eigenvalue weighted by Gasteiger charge is 2.41. The van der Waals surface area contributed by atoms with Crippen molar-refractivity contribution in [3.8, 4) is 0 Å². The lowest BCUT2D eigenvalue weighted by Gasteiger charge is -2.40. The van der Waals surface area contributed by atoms with Crippen molar-refractivity contribution in [3.63, 3.8) is 0 Å². The van der Waals surface area contributed by atoms with E-state index < -0.39 is 11.9 Å². The molecular weight excluding hydrogens is 222 g/mol. The summed E-state index contributed by atoms with van der Waals surface area (Å²) in [6.45, 7) is 7.07. The van der Waals surface area contributed by atoms with Crippen molar-refractivity contribution in [1.29, 1.82) is 0 Å². The number of likely N-dealkylation sites (tertiary alicyclic amines) is 1. The standard InChI is InChI=1S/C12H21NO4/c1-4-17-6-5-13-9(3)11(12(15)16)8(2)7-10(13)14/h8-9,11H,4-7H2,1-3H3,(H,15,16). The second-order valence-electron chi connectivity index (χ2n) is 4.57. The van der Waals surface area contributed by atoms with E-state index in [1.807, 2.05) is 13.8 Å². The summed E-state index contributed by atoms with van der Waals surface area (Å²) in [4.78, 5) is 24.7. The number of carbonyl (C=O) groups is 2. The van der Waals surface area contributed by atoms with E-state index in [4.69, 9.17) is 4.74 Å². The summed E-state index contributed by atoms with van der Waals surface area (Å²) in [5.41, 5.74) is 0. The maximum absolute atomic E-state index is 11.9. The van der Waals surface area contributed by atoms with Gasteiger partial charge in [0.25, 0.3) is 0 Å². The van der Waals surface area contributed by atoms with E-state index in [9.17, 15) is 14.7 Å². The fourth-order valence-electron chi connectivity index (χ4n) is 2.50. The Kier molecular flexibility index (Phi) is 4.93. The number of hydrogen-bond donors (Lipinski definition) is 1. The first kappa shape index (κ1) is 14.0. The van der Waals surface area contributed by atoms with E-state index >= 15 is 0 Å². The Morgan fingerprint density at radius 3 is 2.71 bits per heavy atom. The van der Waals surface area contributed by atoms with Crippen LogP contribution in [0.5, 0.6) is 0 Å². The normalized spacial score (nSPS) is 29.5. The van der Waals surface area contributed by atoms with Crippen molar-refractivity contribution < 1.29 is 19.4 Å². The second kappa shape index (κ2) is 6.00. The van der Waals surface area contributed by atoms with Crippen LogP contribution in [0.1, 0.15) is 27.2 Å². The van der Waals surface area contributed by atoms with Gasteiger partial charge in [-0.05, 0) is 19.8 Å². The monoisotopic (exact) mass is 243 g/mol. The lowest BCUT2D eigenvalue weighted by molar-refractivity contribution is -0.155. The summed E-state index contributed by atoms with van der Waals surface area (Å²) in [5, 5.41) is 9.19. The van der Waals surface area contributed by atoms with Crippen LogP contribution in [0.25, 0.3) is 0 Å². The Hall–Kier alpha value is -1.10.